The van der Waals surface area contributed by atoms with Crippen LogP contribution in [0.4, 0.5) is 0 Å². The predicted molar refractivity (Wildman–Crippen MR) is 156 cm³/mol. The van der Waals surface area contributed by atoms with Crippen LogP contribution in [-0.4, -0.2) is 4.40 Å². The number of aromatic nitrogens is 1. The average molecular weight is 474 g/mol. The van der Waals surface area contributed by atoms with Crippen molar-refractivity contribution in [3.8, 4) is 22.3 Å². The lowest BCUT2D eigenvalue weighted by Gasteiger charge is -2.23. The molecule has 2 aliphatic carbocycles. The van der Waals surface area contributed by atoms with Gasteiger partial charge in [-0.1, -0.05) is 94.4 Å². The van der Waals surface area contributed by atoms with E-state index in [2.05, 4.69) is 123 Å². The second-order valence-corrected chi connectivity index (χ2v) is 12.2. The second kappa shape index (κ2) is 6.06. The van der Waals surface area contributed by atoms with E-state index in [0.717, 1.165) is 0 Å². The van der Waals surface area contributed by atoms with Gasteiger partial charge in [0.25, 0.3) is 0 Å². The number of rotatable bonds is 0. The molecule has 7 aromatic rings. The molecular formula is C36H27N. The van der Waals surface area contributed by atoms with Crippen molar-refractivity contribution in [1.82, 2.24) is 4.40 Å². The highest BCUT2D eigenvalue weighted by Gasteiger charge is 2.40. The zero-order chi connectivity index (χ0) is 24.8. The number of nitrogens with zero attached hydrogens (tertiary/aromatic N) is 1. The van der Waals surface area contributed by atoms with E-state index in [9.17, 15) is 0 Å². The van der Waals surface area contributed by atoms with E-state index in [4.69, 9.17) is 0 Å². The van der Waals surface area contributed by atoms with Crippen molar-refractivity contribution in [3.05, 3.63) is 113 Å². The summed E-state index contributed by atoms with van der Waals surface area (Å²) in [5.74, 6) is 0. The van der Waals surface area contributed by atoms with Crippen LogP contribution in [0.3, 0.4) is 0 Å². The third kappa shape index (κ3) is 2.09. The lowest BCUT2D eigenvalue weighted by molar-refractivity contribution is 0.661. The summed E-state index contributed by atoms with van der Waals surface area (Å²) >= 11 is 0. The Kier molecular flexibility index (Phi) is 3.28. The summed E-state index contributed by atoms with van der Waals surface area (Å²) < 4.78 is 2.56. The number of hydrogen-bond donors (Lipinski definition) is 0. The molecule has 2 aromatic heterocycles. The van der Waals surface area contributed by atoms with Gasteiger partial charge in [-0.3, -0.25) is 0 Å². The van der Waals surface area contributed by atoms with Crippen LogP contribution in [-0.2, 0) is 10.8 Å². The van der Waals surface area contributed by atoms with Gasteiger partial charge in [-0.05, 0) is 68.8 Å². The lowest BCUT2D eigenvalue weighted by atomic mass is 9.79. The maximum absolute atomic E-state index is 2.56. The summed E-state index contributed by atoms with van der Waals surface area (Å²) in [4.78, 5) is 0. The van der Waals surface area contributed by atoms with Gasteiger partial charge in [0, 0.05) is 32.4 Å². The maximum Gasteiger partial charge on any atom is 0.0624 e. The normalized spacial score (nSPS) is 16.5. The molecule has 0 amide bonds. The Hall–Kier alpha value is -4.10. The van der Waals surface area contributed by atoms with Crippen LogP contribution in [0.5, 0.6) is 0 Å². The van der Waals surface area contributed by atoms with Crippen LogP contribution in [0.2, 0.25) is 0 Å². The number of benzene rings is 5. The predicted octanol–water partition coefficient (Wildman–Crippen LogP) is 9.45. The highest BCUT2D eigenvalue weighted by molar-refractivity contribution is 6.27. The SMILES string of the molecule is CC1(C)c2ccccc2-c2cc3c(cc21)c1c2c(cc4c5ccccc5n3c41)-c1ccccc1C2(C)C. The van der Waals surface area contributed by atoms with E-state index in [0.29, 0.717) is 0 Å². The third-order valence-electron chi connectivity index (χ3n) is 9.68. The van der Waals surface area contributed by atoms with Crippen LogP contribution in [0.1, 0.15) is 49.9 Å². The molecule has 0 radical (unpaired) electrons. The molecule has 0 bridgehead atoms. The van der Waals surface area contributed by atoms with Crippen LogP contribution in [0.15, 0.2) is 91.0 Å². The Balaban J connectivity index is 1.57. The molecule has 1 nitrogen and oxygen atoms in total. The molecule has 0 saturated heterocycles. The molecular weight excluding hydrogens is 446 g/mol. The first-order valence-corrected chi connectivity index (χ1v) is 13.4. The van der Waals surface area contributed by atoms with Gasteiger partial charge in [0.15, 0.2) is 0 Å². The van der Waals surface area contributed by atoms with Crippen molar-refractivity contribution in [2.75, 3.05) is 0 Å². The monoisotopic (exact) mass is 473 g/mol. The summed E-state index contributed by atoms with van der Waals surface area (Å²) in [5, 5.41) is 5.54. The fourth-order valence-electron chi connectivity index (χ4n) is 8.02. The average Bonchev–Trinajstić information content (AvgIpc) is 3.56. The summed E-state index contributed by atoms with van der Waals surface area (Å²) in [6.07, 6.45) is 0. The Morgan fingerprint density at radius 2 is 1.14 bits per heavy atom. The summed E-state index contributed by atoms with van der Waals surface area (Å²) in [6.45, 7) is 9.61. The Morgan fingerprint density at radius 3 is 1.92 bits per heavy atom. The Labute approximate surface area is 216 Å². The first kappa shape index (κ1) is 20.0. The quantitative estimate of drug-likeness (QED) is 0.207. The van der Waals surface area contributed by atoms with Crippen molar-refractivity contribution >= 4 is 38.1 Å². The molecule has 37 heavy (non-hydrogen) atoms. The number of hydrogen-bond acceptors (Lipinski definition) is 0. The first-order valence-electron chi connectivity index (χ1n) is 13.4. The minimum Gasteiger partial charge on any atom is -0.308 e. The van der Waals surface area contributed by atoms with E-state index in [-0.39, 0.29) is 10.8 Å². The Morgan fingerprint density at radius 1 is 0.486 bits per heavy atom. The molecule has 2 aliphatic rings. The topological polar surface area (TPSA) is 4.41 Å². The highest BCUT2D eigenvalue weighted by Crippen LogP contribution is 2.57. The fraction of sp³-hybridized carbons (Fsp3) is 0.167. The zero-order valence-electron chi connectivity index (χ0n) is 21.6. The van der Waals surface area contributed by atoms with Crippen molar-refractivity contribution in [3.63, 3.8) is 0 Å². The van der Waals surface area contributed by atoms with Crippen molar-refractivity contribution in [2.45, 2.75) is 38.5 Å². The van der Waals surface area contributed by atoms with E-state index < -0.39 is 0 Å². The van der Waals surface area contributed by atoms with Crippen LogP contribution >= 0.6 is 0 Å². The van der Waals surface area contributed by atoms with Gasteiger partial charge in [0.2, 0.25) is 0 Å². The zero-order valence-corrected chi connectivity index (χ0v) is 21.6. The number of para-hydroxylation sites is 1. The summed E-state index contributed by atoms with van der Waals surface area (Å²) in [7, 11) is 0. The van der Waals surface area contributed by atoms with Gasteiger partial charge >= 0.3 is 0 Å². The molecule has 9 rings (SSSR count). The molecule has 0 atom stereocenters. The van der Waals surface area contributed by atoms with Crippen LogP contribution in [0, 0.1) is 0 Å². The summed E-state index contributed by atoms with van der Waals surface area (Å²) in [5.41, 5.74) is 15.3. The van der Waals surface area contributed by atoms with Gasteiger partial charge in [-0.15, -0.1) is 0 Å². The molecule has 0 fully saturated rings. The van der Waals surface area contributed by atoms with E-state index in [1.165, 1.54) is 82.6 Å². The highest BCUT2D eigenvalue weighted by atomic mass is 14.9. The number of fused-ring (bicyclic) bond motifs is 13. The van der Waals surface area contributed by atoms with Gasteiger partial charge in [0.1, 0.15) is 0 Å². The Bertz CT molecular complexity index is 2130. The molecule has 0 unspecified atom stereocenters. The van der Waals surface area contributed by atoms with Crippen molar-refractivity contribution in [1.29, 1.82) is 0 Å². The van der Waals surface area contributed by atoms with Crippen LogP contribution < -0.4 is 0 Å². The van der Waals surface area contributed by atoms with Crippen molar-refractivity contribution < 1.29 is 0 Å². The molecule has 0 aliphatic heterocycles. The minimum absolute atomic E-state index is 0.0180. The summed E-state index contributed by atoms with van der Waals surface area (Å²) in [6, 6.07) is 34.5. The molecule has 0 saturated carbocycles. The molecule has 1 heteroatoms. The molecule has 0 spiro atoms. The standard InChI is InChI=1S/C36H27N/c1-35(2)27-14-8-5-11-20(27)23-19-31-26(18-29(23)35)32-33-24(21-12-6-9-15-28(21)36(33,3)4)17-25-22-13-7-10-16-30(22)37(31)34(25)32/h5-19H,1-4H3. The molecule has 176 valence electrons. The smallest absolute Gasteiger partial charge is 0.0624 e. The van der Waals surface area contributed by atoms with Gasteiger partial charge < -0.3 is 4.40 Å². The van der Waals surface area contributed by atoms with E-state index in [1.54, 1.807) is 0 Å². The van der Waals surface area contributed by atoms with Gasteiger partial charge in [0.05, 0.1) is 16.6 Å². The fourth-order valence-corrected chi connectivity index (χ4v) is 8.02. The molecule has 2 heterocycles. The van der Waals surface area contributed by atoms with Gasteiger partial charge in [-0.25, -0.2) is 0 Å². The molecule has 5 aromatic carbocycles. The third-order valence-corrected chi connectivity index (χ3v) is 9.68. The van der Waals surface area contributed by atoms with Gasteiger partial charge in [-0.2, -0.15) is 0 Å². The largest absolute Gasteiger partial charge is 0.308 e. The van der Waals surface area contributed by atoms with Crippen LogP contribution in [0.25, 0.3) is 60.3 Å². The maximum atomic E-state index is 2.56. The first-order chi connectivity index (χ1) is 17.9. The van der Waals surface area contributed by atoms with Crippen molar-refractivity contribution in [2.24, 2.45) is 0 Å². The molecule has 0 N–H and O–H groups in total. The second-order valence-electron chi connectivity index (χ2n) is 12.2. The minimum atomic E-state index is -0.0597. The lowest BCUT2D eigenvalue weighted by Crippen LogP contribution is -2.15. The van der Waals surface area contributed by atoms with E-state index in [1.807, 2.05) is 0 Å². The van der Waals surface area contributed by atoms with E-state index >= 15 is 0 Å².